The zero-order chi connectivity index (χ0) is 28.6. The van der Waals surface area contributed by atoms with Crippen molar-refractivity contribution >= 4 is 28.7 Å². The van der Waals surface area contributed by atoms with E-state index in [4.69, 9.17) is 0 Å². The van der Waals surface area contributed by atoms with E-state index < -0.39 is 0 Å². The summed E-state index contributed by atoms with van der Waals surface area (Å²) in [4.78, 5) is 42.3. The Balaban J connectivity index is 1.14. The van der Waals surface area contributed by atoms with Crippen molar-refractivity contribution in [3.8, 4) is 22.5 Å². The highest BCUT2D eigenvalue weighted by Crippen LogP contribution is 2.34. The van der Waals surface area contributed by atoms with Crippen molar-refractivity contribution in [1.82, 2.24) is 30.1 Å². The second-order valence-electron chi connectivity index (χ2n) is 10.8. The topological polar surface area (TPSA) is 106 Å². The fraction of sp³-hybridized carbons (Fsp3) is 0.212. The average Bonchev–Trinajstić information content (AvgIpc) is 3.67. The summed E-state index contributed by atoms with van der Waals surface area (Å²) in [6.45, 7) is 6.30. The van der Waals surface area contributed by atoms with Crippen LogP contribution in [0.25, 0.3) is 33.5 Å². The van der Waals surface area contributed by atoms with Gasteiger partial charge in [0.05, 0.1) is 5.69 Å². The van der Waals surface area contributed by atoms with Crippen LogP contribution < -0.4 is 10.6 Å². The van der Waals surface area contributed by atoms with Gasteiger partial charge in [0.2, 0.25) is 0 Å². The standard InChI is InChI=1S/C33H31N7O2/c1-21-26(7-4-8-28(21)38-33(42)40-18-24-5-2-3-6-25(24)19-40)30-27-17-29(37-31(27)36-20-35-30)22-9-11-23(12-10-22)32(41)39-15-13-34-14-16-39/h2-12,17,20,34H,13-16,18-19H2,1H3,(H,38,42)(H,35,36,37). The van der Waals surface area contributed by atoms with Crippen molar-refractivity contribution in [2.45, 2.75) is 20.0 Å². The fourth-order valence-electron chi connectivity index (χ4n) is 5.85. The Labute approximate surface area is 243 Å². The molecule has 0 atom stereocenters. The number of piperazine rings is 1. The van der Waals surface area contributed by atoms with Gasteiger partial charge in [-0.3, -0.25) is 4.79 Å². The molecule has 1 saturated heterocycles. The van der Waals surface area contributed by atoms with E-state index in [1.807, 2.05) is 77.4 Å². The summed E-state index contributed by atoms with van der Waals surface area (Å²) in [6, 6.07) is 23.6. The minimum Gasteiger partial charge on any atom is -0.339 e. The van der Waals surface area contributed by atoms with Gasteiger partial charge >= 0.3 is 6.03 Å². The quantitative estimate of drug-likeness (QED) is 0.282. The maximum Gasteiger partial charge on any atom is 0.322 e. The minimum atomic E-state index is -0.123. The first-order chi connectivity index (χ1) is 20.5. The summed E-state index contributed by atoms with van der Waals surface area (Å²) >= 11 is 0. The molecular formula is C33H31N7O2. The number of carbonyl (C=O) groups excluding carboxylic acids is 2. The van der Waals surface area contributed by atoms with Crippen molar-refractivity contribution in [3.63, 3.8) is 0 Å². The first-order valence-electron chi connectivity index (χ1n) is 14.2. The number of hydrogen-bond acceptors (Lipinski definition) is 5. The van der Waals surface area contributed by atoms with Crippen LogP contribution in [0.3, 0.4) is 0 Å². The average molecular weight is 558 g/mol. The Morgan fingerprint density at radius 2 is 1.60 bits per heavy atom. The van der Waals surface area contributed by atoms with E-state index in [0.29, 0.717) is 18.7 Å². The van der Waals surface area contributed by atoms with Gasteiger partial charge in [-0.2, -0.15) is 0 Å². The number of nitrogens with zero attached hydrogens (tertiary/aromatic N) is 4. The van der Waals surface area contributed by atoms with E-state index in [1.165, 1.54) is 11.1 Å². The van der Waals surface area contributed by atoms with Gasteiger partial charge in [0, 0.05) is 67.2 Å². The third kappa shape index (κ3) is 4.77. The van der Waals surface area contributed by atoms with Gasteiger partial charge in [-0.15, -0.1) is 0 Å². The highest BCUT2D eigenvalue weighted by Gasteiger charge is 2.24. The Morgan fingerprint density at radius 3 is 2.33 bits per heavy atom. The molecule has 2 aliphatic rings. The first kappa shape index (κ1) is 25.9. The molecule has 5 aromatic rings. The Kier molecular flexibility index (Phi) is 6.64. The molecule has 0 bridgehead atoms. The van der Waals surface area contributed by atoms with Crippen LogP contribution in [-0.4, -0.2) is 62.9 Å². The lowest BCUT2D eigenvalue weighted by Gasteiger charge is -2.27. The minimum absolute atomic E-state index is 0.0598. The van der Waals surface area contributed by atoms with Gasteiger partial charge < -0.3 is 25.4 Å². The number of anilines is 1. The molecule has 210 valence electrons. The number of hydrogen-bond donors (Lipinski definition) is 3. The van der Waals surface area contributed by atoms with E-state index in [2.05, 4.69) is 37.7 Å². The Morgan fingerprint density at radius 1 is 0.857 bits per heavy atom. The molecule has 0 saturated carbocycles. The molecule has 3 amide bonds. The lowest BCUT2D eigenvalue weighted by Crippen LogP contribution is -2.46. The number of carbonyl (C=O) groups is 2. The zero-order valence-electron chi connectivity index (χ0n) is 23.4. The van der Waals surface area contributed by atoms with Crippen LogP contribution in [0.5, 0.6) is 0 Å². The molecule has 7 rings (SSSR count). The SMILES string of the molecule is Cc1c(NC(=O)N2Cc3ccccc3C2)cccc1-c1ncnc2[nH]c(-c3ccc(C(=O)N4CCNCC4)cc3)cc12. The predicted octanol–water partition coefficient (Wildman–Crippen LogP) is 5.19. The molecule has 3 aromatic carbocycles. The molecule has 4 heterocycles. The number of urea groups is 1. The molecule has 2 aromatic heterocycles. The first-order valence-corrected chi connectivity index (χ1v) is 14.2. The molecule has 9 nitrogen and oxygen atoms in total. The van der Waals surface area contributed by atoms with Gasteiger partial charge in [-0.25, -0.2) is 14.8 Å². The maximum atomic E-state index is 13.2. The molecular weight excluding hydrogens is 526 g/mol. The van der Waals surface area contributed by atoms with Crippen LogP contribution in [0.15, 0.2) is 79.1 Å². The van der Waals surface area contributed by atoms with E-state index >= 15 is 0 Å². The number of H-pyrrole nitrogens is 1. The molecule has 0 unspecified atom stereocenters. The van der Waals surface area contributed by atoms with E-state index in [0.717, 1.165) is 71.0 Å². The van der Waals surface area contributed by atoms with Crippen molar-refractivity contribution in [1.29, 1.82) is 0 Å². The smallest absolute Gasteiger partial charge is 0.322 e. The molecule has 3 N–H and O–H groups in total. The maximum absolute atomic E-state index is 13.2. The molecule has 0 radical (unpaired) electrons. The molecule has 9 heteroatoms. The van der Waals surface area contributed by atoms with Crippen molar-refractivity contribution in [2.75, 3.05) is 31.5 Å². The van der Waals surface area contributed by atoms with Crippen LogP contribution in [0.1, 0.15) is 27.0 Å². The van der Waals surface area contributed by atoms with Crippen molar-refractivity contribution in [2.24, 2.45) is 0 Å². The molecule has 42 heavy (non-hydrogen) atoms. The number of aromatic nitrogens is 3. The highest BCUT2D eigenvalue weighted by molar-refractivity contribution is 5.98. The summed E-state index contributed by atoms with van der Waals surface area (Å²) in [5.74, 6) is 0.0598. The van der Waals surface area contributed by atoms with E-state index in [-0.39, 0.29) is 11.9 Å². The van der Waals surface area contributed by atoms with Gasteiger partial charge in [0.1, 0.15) is 12.0 Å². The van der Waals surface area contributed by atoms with E-state index in [1.54, 1.807) is 6.33 Å². The number of amides is 3. The number of fused-ring (bicyclic) bond motifs is 2. The lowest BCUT2D eigenvalue weighted by molar-refractivity contribution is 0.0736. The van der Waals surface area contributed by atoms with Gasteiger partial charge in [0.15, 0.2) is 0 Å². The Hall–Kier alpha value is -5.02. The van der Waals surface area contributed by atoms with Crippen molar-refractivity contribution < 1.29 is 9.59 Å². The van der Waals surface area contributed by atoms with Crippen LogP contribution in [-0.2, 0) is 13.1 Å². The molecule has 2 aliphatic heterocycles. The lowest BCUT2D eigenvalue weighted by atomic mass is 10.0. The molecule has 0 spiro atoms. The Bertz CT molecular complexity index is 1780. The van der Waals surface area contributed by atoms with E-state index in [9.17, 15) is 9.59 Å². The van der Waals surface area contributed by atoms with Crippen LogP contribution in [0, 0.1) is 6.92 Å². The summed E-state index contributed by atoms with van der Waals surface area (Å²) in [6.07, 6.45) is 1.55. The second kappa shape index (κ2) is 10.8. The monoisotopic (exact) mass is 557 g/mol. The van der Waals surface area contributed by atoms with Crippen LogP contribution in [0.4, 0.5) is 10.5 Å². The number of nitrogens with one attached hydrogen (secondary N) is 3. The highest BCUT2D eigenvalue weighted by atomic mass is 16.2. The number of aromatic amines is 1. The normalized spacial score (nSPS) is 14.7. The van der Waals surface area contributed by atoms with Gasteiger partial charge in [0.25, 0.3) is 5.91 Å². The fourth-order valence-corrected chi connectivity index (χ4v) is 5.85. The summed E-state index contributed by atoms with van der Waals surface area (Å²) in [5, 5.41) is 7.28. The third-order valence-electron chi connectivity index (χ3n) is 8.23. The predicted molar refractivity (Wildman–Crippen MR) is 163 cm³/mol. The number of rotatable bonds is 4. The zero-order valence-corrected chi connectivity index (χ0v) is 23.4. The van der Waals surface area contributed by atoms with Crippen LogP contribution in [0.2, 0.25) is 0 Å². The third-order valence-corrected chi connectivity index (χ3v) is 8.23. The summed E-state index contributed by atoms with van der Waals surface area (Å²) < 4.78 is 0. The van der Waals surface area contributed by atoms with Gasteiger partial charge in [-0.05, 0) is 53.4 Å². The summed E-state index contributed by atoms with van der Waals surface area (Å²) in [7, 11) is 0. The largest absolute Gasteiger partial charge is 0.339 e. The second-order valence-corrected chi connectivity index (χ2v) is 10.8. The van der Waals surface area contributed by atoms with Crippen molar-refractivity contribution in [3.05, 3.63) is 101 Å². The molecule has 0 aliphatic carbocycles. The van der Waals surface area contributed by atoms with Crippen LogP contribution >= 0.6 is 0 Å². The molecule has 1 fully saturated rings. The number of benzene rings is 3. The van der Waals surface area contributed by atoms with Gasteiger partial charge in [-0.1, -0.05) is 48.5 Å². The summed E-state index contributed by atoms with van der Waals surface area (Å²) in [5.41, 5.74) is 9.02.